The Balaban J connectivity index is 3.54. The molecule has 1 rings (SSSR count). The quantitative estimate of drug-likeness (QED) is 0.467. The number of benzene rings is 1. The standard InChI is InChI=1S/C11H8F2N2O5/c1-2-19-10(16)8-6(5-14)3-4-7(20-11(12)13)9(8)15(17)18/h3-4,11H,2H2,1H3. The highest BCUT2D eigenvalue weighted by Crippen LogP contribution is 2.34. The fourth-order valence-electron chi connectivity index (χ4n) is 1.45. The van der Waals surface area contributed by atoms with Gasteiger partial charge in [-0.1, -0.05) is 0 Å². The van der Waals surface area contributed by atoms with Gasteiger partial charge >= 0.3 is 18.3 Å². The number of rotatable bonds is 5. The van der Waals surface area contributed by atoms with Crippen molar-refractivity contribution >= 4 is 11.7 Å². The van der Waals surface area contributed by atoms with Crippen molar-refractivity contribution in [2.24, 2.45) is 0 Å². The van der Waals surface area contributed by atoms with E-state index < -0.39 is 34.5 Å². The molecular weight excluding hydrogens is 278 g/mol. The normalized spacial score (nSPS) is 9.95. The van der Waals surface area contributed by atoms with E-state index in [1.807, 2.05) is 0 Å². The second kappa shape index (κ2) is 6.42. The summed E-state index contributed by atoms with van der Waals surface area (Å²) in [7, 11) is 0. The third-order valence-corrected chi connectivity index (χ3v) is 2.14. The minimum absolute atomic E-state index is 0.0964. The summed E-state index contributed by atoms with van der Waals surface area (Å²) in [5, 5.41) is 19.8. The fraction of sp³-hybridized carbons (Fsp3) is 0.273. The first-order valence-electron chi connectivity index (χ1n) is 5.25. The number of nitro benzene ring substituents is 1. The first kappa shape index (κ1) is 15.3. The molecule has 0 fully saturated rings. The van der Waals surface area contributed by atoms with Crippen molar-refractivity contribution < 1.29 is 28.0 Å². The summed E-state index contributed by atoms with van der Waals surface area (Å²) in [6.07, 6.45) is 0. The van der Waals surface area contributed by atoms with Gasteiger partial charge in [0.05, 0.1) is 17.1 Å². The van der Waals surface area contributed by atoms with Crippen molar-refractivity contribution in [3.63, 3.8) is 0 Å². The summed E-state index contributed by atoms with van der Waals surface area (Å²) in [5.74, 6) is -1.97. The van der Waals surface area contributed by atoms with Gasteiger partial charge in [0.25, 0.3) is 0 Å². The smallest absolute Gasteiger partial charge is 0.387 e. The molecule has 0 aliphatic rings. The molecule has 0 unspecified atom stereocenters. The molecule has 0 aliphatic heterocycles. The molecule has 0 heterocycles. The molecule has 0 radical (unpaired) electrons. The summed E-state index contributed by atoms with van der Waals surface area (Å²) < 4.78 is 33.0. The average molecular weight is 286 g/mol. The molecule has 1 aromatic carbocycles. The van der Waals surface area contributed by atoms with Crippen molar-refractivity contribution in [2.45, 2.75) is 13.5 Å². The Bertz CT molecular complexity index is 583. The molecule has 9 heteroatoms. The fourth-order valence-corrected chi connectivity index (χ4v) is 1.45. The van der Waals surface area contributed by atoms with Crippen LogP contribution in [-0.4, -0.2) is 24.1 Å². The van der Waals surface area contributed by atoms with Crippen LogP contribution in [0.5, 0.6) is 5.75 Å². The lowest BCUT2D eigenvalue weighted by Gasteiger charge is -2.09. The zero-order valence-electron chi connectivity index (χ0n) is 10.1. The number of nitro groups is 1. The lowest BCUT2D eigenvalue weighted by molar-refractivity contribution is -0.386. The Morgan fingerprint density at radius 3 is 2.65 bits per heavy atom. The van der Waals surface area contributed by atoms with Crippen LogP contribution in [0.1, 0.15) is 22.8 Å². The number of esters is 1. The molecule has 0 amide bonds. The Hall–Kier alpha value is -2.76. The van der Waals surface area contributed by atoms with Crippen molar-refractivity contribution in [1.82, 2.24) is 0 Å². The van der Waals surface area contributed by atoms with Gasteiger partial charge in [-0.15, -0.1) is 0 Å². The maximum Gasteiger partial charge on any atom is 0.387 e. The summed E-state index contributed by atoms with van der Waals surface area (Å²) in [6, 6.07) is 3.36. The number of hydrogen-bond donors (Lipinski definition) is 0. The summed E-state index contributed by atoms with van der Waals surface area (Å²) in [6.45, 7) is -1.95. The highest BCUT2D eigenvalue weighted by Gasteiger charge is 2.31. The molecule has 20 heavy (non-hydrogen) atoms. The first-order valence-corrected chi connectivity index (χ1v) is 5.25. The summed E-state index contributed by atoms with van der Waals surface area (Å²) >= 11 is 0. The van der Waals surface area contributed by atoms with Crippen LogP contribution in [0.4, 0.5) is 14.5 Å². The minimum atomic E-state index is -3.31. The molecule has 0 atom stereocenters. The molecule has 7 nitrogen and oxygen atoms in total. The van der Waals surface area contributed by atoms with E-state index in [1.165, 1.54) is 6.92 Å². The Morgan fingerprint density at radius 2 is 2.20 bits per heavy atom. The zero-order valence-corrected chi connectivity index (χ0v) is 10.1. The molecule has 0 saturated carbocycles. The van der Waals surface area contributed by atoms with Crippen LogP contribution in [0.2, 0.25) is 0 Å². The van der Waals surface area contributed by atoms with Crippen molar-refractivity contribution in [3.8, 4) is 11.8 Å². The monoisotopic (exact) mass is 286 g/mol. The van der Waals surface area contributed by atoms with Gasteiger partial charge in [0, 0.05) is 0 Å². The van der Waals surface area contributed by atoms with Gasteiger partial charge < -0.3 is 9.47 Å². The van der Waals surface area contributed by atoms with Gasteiger partial charge in [-0.3, -0.25) is 10.1 Å². The van der Waals surface area contributed by atoms with Crippen LogP contribution in [0.25, 0.3) is 0 Å². The minimum Gasteiger partial charge on any atom is -0.462 e. The molecule has 0 N–H and O–H groups in total. The van der Waals surface area contributed by atoms with Crippen molar-refractivity contribution in [1.29, 1.82) is 5.26 Å². The van der Waals surface area contributed by atoms with Gasteiger partial charge in [-0.05, 0) is 19.1 Å². The maximum atomic E-state index is 12.2. The summed E-state index contributed by atoms with van der Waals surface area (Å²) in [4.78, 5) is 21.6. The van der Waals surface area contributed by atoms with Crippen LogP contribution >= 0.6 is 0 Å². The van der Waals surface area contributed by atoms with Gasteiger partial charge in [0.1, 0.15) is 6.07 Å². The lowest BCUT2D eigenvalue weighted by Crippen LogP contribution is -2.13. The SMILES string of the molecule is CCOC(=O)c1c(C#N)ccc(OC(F)F)c1[N+](=O)[O-]. The van der Waals surface area contributed by atoms with E-state index in [1.54, 1.807) is 6.07 Å². The van der Waals surface area contributed by atoms with Crippen LogP contribution in [0.3, 0.4) is 0 Å². The van der Waals surface area contributed by atoms with E-state index in [0.29, 0.717) is 0 Å². The molecule has 0 aliphatic carbocycles. The molecule has 1 aromatic rings. The first-order chi connectivity index (χ1) is 9.42. The Kier molecular flexibility index (Phi) is 4.91. The van der Waals surface area contributed by atoms with Gasteiger partial charge in [-0.2, -0.15) is 14.0 Å². The van der Waals surface area contributed by atoms with Crippen LogP contribution in [0, 0.1) is 21.4 Å². The number of nitrogens with zero attached hydrogens (tertiary/aromatic N) is 2. The number of ether oxygens (including phenoxy) is 2. The predicted molar refractivity (Wildman–Crippen MR) is 60.4 cm³/mol. The van der Waals surface area contributed by atoms with Crippen LogP contribution < -0.4 is 4.74 Å². The zero-order chi connectivity index (χ0) is 15.3. The van der Waals surface area contributed by atoms with E-state index in [0.717, 1.165) is 12.1 Å². The number of carbonyl (C=O) groups excluding carboxylic acids is 1. The number of nitriles is 1. The van der Waals surface area contributed by atoms with Gasteiger partial charge in [0.2, 0.25) is 5.75 Å². The van der Waals surface area contributed by atoms with E-state index in [9.17, 15) is 23.7 Å². The second-order valence-corrected chi connectivity index (χ2v) is 3.30. The lowest BCUT2D eigenvalue weighted by atomic mass is 10.1. The number of alkyl halides is 2. The average Bonchev–Trinajstić information content (AvgIpc) is 2.37. The molecule has 0 saturated heterocycles. The highest BCUT2D eigenvalue weighted by atomic mass is 19.3. The number of carbonyl (C=O) groups is 1. The number of halogens is 2. The third-order valence-electron chi connectivity index (χ3n) is 2.14. The van der Waals surface area contributed by atoms with Crippen LogP contribution in [-0.2, 0) is 4.74 Å². The summed E-state index contributed by atoms with van der Waals surface area (Å²) in [5.41, 5.74) is -2.10. The topological polar surface area (TPSA) is 102 Å². The largest absolute Gasteiger partial charge is 0.462 e. The molecule has 0 spiro atoms. The molecule has 0 bridgehead atoms. The second-order valence-electron chi connectivity index (χ2n) is 3.30. The highest BCUT2D eigenvalue weighted by molar-refractivity contribution is 5.98. The van der Waals surface area contributed by atoms with E-state index in [4.69, 9.17) is 5.26 Å². The van der Waals surface area contributed by atoms with E-state index in [2.05, 4.69) is 9.47 Å². The van der Waals surface area contributed by atoms with Crippen LogP contribution in [0.15, 0.2) is 12.1 Å². The van der Waals surface area contributed by atoms with Gasteiger partial charge in [0.15, 0.2) is 5.56 Å². The Morgan fingerprint density at radius 1 is 1.55 bits per heavy atom. The van der Waals surface area contributed by atoms with Gasteiger partial charge in [-0.25, -0.2) is 4.79 Å². The van der Waals surface area contributed by atoms with E-state index in [-0.39, 0.29) is 12.2 Å². The Labute approximate surface area is 111 Å². The maximum absolute atomic E-state index is 12.2. The van der Waals surface area contributed by atoms with Crippen molar-refractivity contribution in [3.05, 3.63) is 33.4 Å². The third kappa shape index (κ3) is 3.17. The predicted octanol–water partition coefficient (Wildman–Crippen LogP) is 2.24. The molecule has 0 aromatic heterocycles. The molecule has 106 valence electrons. The molecular formula is C11H8F2N2O5. The van der Waals surface area contributed by atoms with Crippen molar-refractivity contribution in [2.75, 3.05) is 6.61 Å². The van der Waals surface area contributed by atoms with E-state index >= 15 is 0 Å². The number of hydrogen-bond acceptors (Lipinski definition) is 6.